The third-order valence-electron chi connectivity index (χ3n) is 2.07. The monoisotopic (exact) mass is 256 g/mol. The van der Waals surface area contributed by atoms with Crippen molar-refractivity contribution in [3.63, 3.8) is 0 Å². The normalized spacial score (nSPS) is 11.9. The van der Waals surface area contributed by atoms with Crippen LogP contribution in [-0.2, 0) is 4.79 Å². The molecule has 17 heavy (non-hydrogen) atoms. The molecule has 0 aliphatic heterocycles. The molecule has 1 aromatic rings. The maximum absolute atomic E-state index is 11.2. The Bertz CT molecular complexity index is 354. The first-order valence-electron chi connectivity index (χ1n) is 5.45. The molecule has 5 heteroatoms. The van der Waals surface area contributed by atoms with Gasteiger partial charge in [0.2, 0.25) is 5.91 Å². The van der Waals surface area contributed by atoms with Crippen LogP contribution in [0.5, 0.6) is 5.75 Å². The fourth-order valence-corrected chi connectivity index (χ4v) is 1.39. The number of carbonyl (C=O) groups excluding carboxylic acids is 1. The van der Waals surface area contributed by atoms with Crippen molar-refractivity contribution in [2.45, 2.75) is 13.0 Å². The molecule has 1 aromatic carbocycles. The van der Waals surface area contributed by atoms with E-state index in [-0.39, 0.29) is 12.0 Å². The smallest absolute Gasteiger partial charge is 0.234 e. The van der Waals surface area contributed by atoms with Crippen LogP contribution in [0.25, 0.3) is 0 Å². The van der Waals surface area contributed by atoms with Gasteiger partial charge in [-0.05, 0) is 38.2 Å². The number of benzene rings is 1. The van der Waals surface area contributed by atoms with E-state index >= 15 is 0 Å². The van der Waals surface area contributed by atoms with Crippen LogP contribution >= 0.6 is 11.6 Å². The zero-order valence-electron chi connectivity index (χ0n) is 10.00. The first kappa shape index (κ1) is 13.8. The second-order valence-electron chi connectivity index (χ2n) is 3.72. The lowest BCUT2D eigenvalue weighted by molar-refractivity contribution is -0.120. The van der Waals surface area contributed by atoms with Crippen LogP contribution in [0, 0.1) is 0 Å². The largest absolute Gasteiger partial charge is 0.489 e. The van der Waals surface area contributed by atoms with E-state index in [2.05, 4.69) is 10.6 Å². The number of rotatable bonds is 6. The van der Waals surface area contributed by atoms with E-state index in [9.17, 15) is 4.79 Å². The Morgan fingerprint density at radius 1 is 1.41 bits per heavy atom. The van der Waals surface area contributed by atoms with Gasteiger partial charge in [-0.2, -0.15) is 0 Å². The van der Waals surface area contributed by atoms with Gasteiger partial charge in [-0.1, -0.05) is 11.6 Å². The van der Waals surface area contributed by atoms with E-state index in [1.54, 1.807) is 31.3 Å². The molecule has 4 nitrogen and oxygen atoms in total. The van der Waals surface area contributed by atoms with Crippen molar-refractivity contribution < 1.29 is 9.53 Å². The van der Waals surface area contributed by atoms with Crippen molar-refractivity contribution in [2.75, 3.05) is 20.1 Å². The zero-order valence-corrected chi connectivity index (χ0v) is 10.8. The number of likely N-dealkylation sites (N-methyl/N-ethyl adjacent to an activating group) is 1. The number of ether oxygens (including phenoxy) is 1. The van der Waals surface area contributed by atoms with E-state index in [1.807, 2.05) is 6.92 Å². The summed E-state index contributed by atoms with van der Waals surface area (Å²) in [6.07, 6.45) is -0.0861. The van der Waals surface area contributed by atoms with Gasteiger partial charge in [-0.15, -0.1) is 0 Å². The number of halogens is 1. The molecule has 0 bridgehead atoms. The minimum Gasteiger partial charge on any atom is -0.489 e. The highest BCUT2D eigenvalue weighted by Crippen LogP contribution is 2.16. The highest BCUT2D eigenvalue weighted by Gasteiger charge is 2.06. The summed E-state index contributed by atoms with van der Waals surface area (Å²) < 4.78 is 5.60. The summed E-state index contributed by atoms with van der Waals surface area (Å²) in [5.41, 5.74) is 0. The van der Waals surface area contributed by atoms with E-state index in [0.29, 0.717) is 18.1 Å². The van der Waals surface area contributed by atoms with Crippen LogP contribution in [-0.4, -0.2) is 32.1 Å². The van der Waals surface area contributed by atoms with Crippen LogP contribution in [0.3, 0.4) is 0 Å². The lowest BCUT2D eigenvalue weighted by Gasteiger charge is -2.15. The molecule has 1 atom stereocenters. The molecule has 0 fully saturated rings. The lowest BCUT2D eigenvalue weighted by Crippen LogP contribution is -2.38. The summed E-state index contributed by atoms with van der Waals surface area (Å²) in [6.45, 7) is 2.69. The van der Waals surface area contributed by atoms with Gasteiger partial charge in [0.1, 0.15) is 11.9 Å². The number of amides is 1. The average molecular weight is 257 g/mol. The Morgan fingerprint density at radius 3 is 2.65 bits per heavy atom. The summed E-state index contributed by atoms with van der Waals surface area (Å²) in [5, 5.41) is 6.22. The summed E-state index contributed by atoms with van der Waals surface area (Å²) in [6, 6.07) is 7.13. The molecule has 1 unspecified atom stereocenters. The molecule has 0 saturated heterocycles. The maximum atomic E-state index is 11.2. The molecule has 2 N–H and O–H groups in total. The number of hydrogen-bond donors (Lipinski definition) is 2. The Kier molecular flexibility index (Phi) is 5.80. The van der Waals surface area contributed by atoms with Crippen molar-refractivity contribution in [1.29, 1.82) is 0 Å². The van der Waals surface area contributed by atoms with Gasteiger partial charge in [0.15, 0.2) is 0 Å². The number of carbonyl (C=O) groups is 1. The number of nitrogens with one attached hydrogen (secondary N) is 2. The van der Waals surface area contributed by atoms with Gasteiger partial charge >= 0.3 is 0 Å². The van der Waals surface area contributed by atoms with Crippen molar-refractivity contribution in [1.82, 2.24) is 10.6 Å². The first-order valence-corrected chi connectivity index (χ1v) is 5.83. The molecule has 0 heterocycles. The highest BCUT2D eigenvalue weighted by atomic mass is 35.5. The Morgan fingerprint density at radius 2 is 2.06 bits per heavy atom. The van der Waals surface area contributed by atoms with E-state index < -0.39 is 0 Å². The van der Waals surface area contributed by atoms with Crippen LogP contribution in [0.15, 0.2) is 24.3 Å². The Hall–Kier alpha value is -1.26. The standard InChI is InChI=1S/C12H17ClN2O2/c1-9(7-15-12(16)8-14-2)17-11-5-3-10(13)4-6-11/h3-6,9,14H,7-8H2,1-2H3,(H,15,16). The molecule has 0 aromatic heterocycles. The van der Waals surface area contributed by atoms with Gasteiger partial charge in [-0.3, -0.25) is 4.79 Å². The quantitative estimate of drug-likeness (QED) is 0.810. The molecule has 0 radical (unpaired) electrons. The van der Waals surface area contributed by atoms with Crippen LogP contribution in [0.2, 0.25) is 5.02 Å². The van der Waals surface area contributed by atoms with Gasteiger partial charge in [0.05, 0.1) is 13.1 Å². The molecule has 0 saturated carbocycles. The molecule has 0 aliphatic carbocycles. The van der Waals surface area contributed by atoms with Crippen molar-refractivity contribution in [3.8, 4) is 5.75 Å². The molecule has 1 amide bonds. The van der Waals surface area contributed by atoms with Crippen molar-refractivity contribution in [2.24, 2.45) is 0 Å². The third-order valence-corrected chi connectivity index (χ3v) is 2.33. The lowest BCUT2D eigenvalue weighted by atomic mass is 10.3. The highest BCUT2D eigenvalue weighted by molar-refractivity contribution is 6.30. The van der Waals surface area contributed by atoms with E-state index in [4.69, 9.17) is 16.3 Å². The predicted molar refractivity (Wildman–Crippen MR) is 68.5 cm³/mol. The summed E-state index contributed by atoms with van der Waals surface area (Å²) in [5.74, 6) is 0.698. The van der Waals surface area contributed by atoms with Crippen molar-refractivity contribution >= 4 is 17.5 Å². The van der Waals surface area contributed by atoms with Gasteiger partial charge in [0, 0.05) is 5.02 Å². The molecule has 0 spiro atoms. The van der Waals surface area contributed by atoms with Crippen molar-refractivity contribution in [3.05, 3.63) is 29.3 Å². The van der Waals surface area contributed by atoms with Crippen LogP contribution < -0.4 is 15.4 Å². The second-order valence-corrected chi connectivity index (χ2v) is 4.15. The topological polar surface area (TPSA) is 50.4 Å². The summed E-state index contributed by atoms with van der Waals surface area (Å²) >= 11 is 5.77. The molecule has 94 valence electrons. The average Bonchev–Trinajstić information content (AvgIpc) is 2.30. The Balaban J connectivity index is 2.31. The molecular weight excluding hydrogens is 240 g/mol. The summed E-state index contributed by atoms with van der Waals surface area (Å²) in [4.78, 5) is 11.2. The minimum atomic E-state index is -0.0861. The first-order chi connectivity index (χ1) is 8.11. The van der Waals surface area contributed by atoms with Crippen LogP contribution in [0.1, 0.15) is 6.92 Å². The zero-order chi connectivity index (χ0) is 12.7. The predicted octanol–water partition coefficient (Wildman–Crippen LogP) is 1.44. The third kappa shape index (κ3) is 5.56. The maximum Gasteiger partial charge on any atom is 0.234 e. The fourth-order valence-electron chi connectivity index (χ4n) is 1.27. The molecular formula is C12H17ClN2O2. The molecule has 1 rings (SSSR count). The van der Waals surface area contributed by atoms with E-state index in [0.717, 1.165) is 5.75 Å². The Labute approximate surface area is 106 Å². The summed E-state index contributed by atoms with van der Waals surface area (Å²) in [7, 11) is 1.73. The second kappa shape index (κ2) is 7.14. The minimum absolute atomic E-state index is 0.0425. The fraction of sp³-hybridized carbons (Fsp3) is 0.417. The molecule has 0 aliphatic rings. The number of hydrogen-bond acceptors (Lipinski definition) is 3. The van der Waals surface area contributed by atoms with Crippen LogP contribution in [0.4, 0.5) is 0 Å². The SMILES string of the molecule is CNCC(=O)NCC(C)Oc1ccc(Cl)cc1. The van der Waals surface area contributed by atoms with E-state index in [1.165, 1.54) is 0 Å². The van der Waals surface area contributed by atoms with Gasteiger partial charge < -0.3 is 15.4 Å². The van der Waals surface area contributed by atoms with Gasteiger partial charge in [-0.25, -0.2) is 0 Å². The van der Waals surface area contributed by atoms with Gasteiger partial charge in [0.25, 0.3) is 0 Å².